The first-order chi connectivity index (χ1) is 10.7. The van der Waals surface area contributed by atoms with Crippen molar-refractivity contribution in [2.24, 2.45) is 5.73 Å². The maximum absolute atomic E-state index is 12.2. The van der Waals surface area contributed by atoms with Crippen molar-refractivity contribution in [2.45, 2.75) is 50.1 Å². The summed E-state index contributed by atoms with van der Waals surface area (Å²) in [6, 6.07) is -0.384. The molecule has 0 saturated carbocycles. The number of piperidine rings is 1. The van der Waals surface area contributed by atoms with Crippen LogP contribution in [0.1, 0.15) is 38.5 Å². The molecule has 23 heavy (non-hydrogen) atoms. The van der Waals surface area contributed by atoms with Gasteiger partial charge in [0, 0.05) is 25.3 Å². The molecule has 1 atom stereocenters. The lowest BCUT2D eigenvalue weighted by atomic mass is 9.86. The summed E-state index contributed by atoms with van der Waals surface area (Å²) in [5.74, 6) is 0.927. The molecule has 0 radical (unpaired) electrons. The van der Waals surface area contributed by atoms with Crippen LogP contribution < -0.4 is 11.1 Å². The maximum atomic E-state index is 12.2. The Balaban J connectivity index is 0.00000264. The Hall–Kier alpha value is -0.0100. The van der Waals surface area contributed by atoms with E-state index in [9.17, 15) is 4.79 Å². The van der Waals surface area contributed by atoms with Crippen LogP contribution in [-0.2, 0) is 9.53 Å². The first-order valence-electron chi connectivity index (χ1n) is 8.53. The lowest BCUT2D eigenvalue weighted by molar-refractivity contribution is -0.124. The molecular weight excluding hydrogens is 334 g/mol. The van der Waals surface area contributed by atoms with Gasteiger partial charge in [-0.25, -0.2) is 0 Å². The summed E-state index contributed by atoms with van der Waals surface area (Å²) in [4.78, 5) is 14.8. The second-order valence-electron chi connectivity index (χ2n) is 6.49. The Morgan fingerprint density at radius 3 is 2.57 bits per heavy atom. The average molecular weight is 366 g/mol. The molecule has 2 saturated heterocycles. The third-order valence-electron chi connectivity index (χ3n) is 5.01. The monoisotopic (exact) mass is 365 g/mol. The minimum atomic E-state index is -0.384. The molecule has 0 aromatic heterocycles. The van der Waals surface area contributed by atoms with Crippen LogP contribution in [0.4, 0.5) is 0 Å². The van der Waals surface area contributed by atoms with Gasteiger partial charge >= 0.3 is 0 Å². The Labute approximate surface area is 150 Å². The normalized spacial score (nSPS) is 22.9. The van der Waals surface area contributed by atoms with Gasteiger partial charge in [-0.05, 0) is 57.2 Å². The topological polar surface area (TPSA) is 67.6 Å². The van der Waals surface area contributed by atoms with Crippen LogP contribution in [0.15, 0.2) is 0 Å². The SMILES string of the molecule is CSCC[C@H](N)C(=O)NCC1(N2CCCCC2)CCOCC1.Cl. The van der Waals surface area contributed by atoms with E-state index in [0.29, 0.717) is 6.54 Å². The predicted molar refractivity (Wildman–Crippen MR) is 99.4 cm³/mol. The van der Waals surface area contributed by atoms with Crippen molar-refractivity contribution >= 4 is 30.1 Å². The van der Waals surface area contributed by atoms with Crippen molar-refractivity contribution in [1.82, 2.24) is 10.2 Å². The summed E-state index contributed by atoms with van der Waals surface area (Å²) in [6.45, 7) is 4.60. The molecule has 136 valence electrons. The van der Waals surface area contributed by atoms with Gasteiger partial charge in [-0.15, -0.1) is 12.4 Å². The van der Waals surface area contributed by atoms with Gasteiger partial charge in [0.2, 0.25) is 5.91 Å². The van der Waals surface area contributed by atoms with Crippen LogP contribution in [-0.4, -0.2) is 67.2 Å². The molecule has 2 fully saturated rings. The van der Waals surface area contributed by atoms with Crippen molar-refractivity contribution in [2.75, 3.05) is 44.9 Å². The highest BCUT2D eigenvalue weighted by atomic mass is 35.5. The Bertz CT molecular complexity index is 348. The quantitative estimate of drug-likeness (QED) is 0.717. The molecule has 2 aliphatic heterocycles. The minimum absolute atomic E-state index is 0. The first-order valence-corrected chi connectivity index (χ1v) is 9.92. The molecule has 2 aliphatic rings. The lowest BCUT2D eigenvalue weighted by Gasteiger charge is -2.48. The van der Waals surface area contributed by atoms with E-state index in [1.807, 2.05) is 6.26 Å². The van der Waals surface area contributed by atoms with Crippen LogP contribution in [0.3, 0.4) is 0 Å². The van der Waals surface area contributed by atoms with E-state index in [1.165, 1.54) is 19.3 Å². The van der Waals surface area contributed by atoms with Crippen LogP contribution in [0.25, 0.3) is 0 Å². The number of ether oxygens (including phenoxy) is 1. The number of likely N-dealkylation sites (tertiary alicyclic amines) is 1. The van der Waals surface area contributed by atoms with Gasteiger partial charge in [0.1, 0.15) is 0 Å². The number of thioether (sulfide) groups is 1. The van der Waals surface area contributed by atoms with Gasteiger partial charge in [0.25, 0.3) is 0 Å². The molecule has 3 N–H and O–H groups in total. The highest BCUT2D eigenvalue weighted by Gasteiger charge is 2.39. The first kappa shape index (κ1) is 21.0. The van der Waals surface area contributed by atoms with Crippen LogP contribution >= 0.6 is 24.2 Å². The summed E-state index contributed by atoms with van der Waals surface area (Å²) in [5, 5.41) is 3.13. The number of nitrogens with zero attached hydrogens (tertiary/aromatic N) is 1. The fraction of sp³-hybridized carbons (Fsp3) is 0.938. The lowest BCUT2D eigenvalue weighted by Crippen LogP contribution is -2.60. The summed E-state index contributed by atoms with van der Waals surface area (Å²) in [5.41, 5.74) is 6.05. The Kier molecular flexibility index (Phi) is 9.85. The fourth-order valence-electron chi connectivity index (χ4n) is 3.48. The minimum Gasteiger partial charge on any atom is -0.381 e. The number of carbonyl (C=O) groups excluding carboxylic acids is 1. The summed E-state index contributed by atoms with van der Waals surface area (Å²) < 4.78 is 5.56. The van der Waals surface area contributed by atoms with Gasteiger partial charge < -0.3 is 15.8 Å². The molecule has 0 aromatic rings. The highest BCUT2D eigenvalue weighted by Crippen LogP contribution is 2.30. The number of rotatable bonds is 7. The van der Waals surface area contributed by atoms with Gasteiger partial charge in [-0.1, -0.05) is 6.42 Å². The van der Waals surface area contributed by atoms with Crippen LogP contribution in [0.5, 0.6) is 0 Å². The number of hydrogen-bond donors (Lipinski definition) is 2. The average Bonchev–Trinajstić information content (AvgIpc) is 2.59. The summed E-state index contributed by atoms with van der Waals surface area (Å²) >= 11 is 1.73. The van der Waals surface area contributed by atoms with Crippen molar-refractivity contribution in [3.8, 4) is 0 Å². The molecule has 0 bridgehead atoms. The highest BCUT2D eigenvalue weighted by molar-refractivity contribution is 7.98. The van der Waals surface area contributed by atoms with Crippen molar-refractivity contribution < 1.29 is 9.53 Å². The van der Waals surface area contributed by atoms with Gasteiger partial charge in [0.05, 0.1) is 6.04 Å². The third-order valence-corrected chi connectivity index (χ3v) is 5.66. The predicted octanol–water partition coefficient (Wildman–Crippen LogP) is 1.64. The largest absolute Gasteiger partial charge is 0.381 e. The van der Waals surface area contributed by atoms with E-state index in [0.717, 1.165) is 51.3 Å². The molecule has 0 aliphatic carbocycles. The Morgan fingerprint density at radius 1 is 1.30 bits per heavy atom. The summed E-state index contributed by atoms with van der Waals surface area (Å²) in [7, 11) is 0. The van der Waals surface area contributed by atoms with Gasteiger partial charge in [-0.2, -0.15) is 11.8 Å². The van der Waals surface area contributed by atoms with Crippen molar-refractivity contribution in [1.29, 1.82) is 0 Å². The second-order valence-corrected chi connectivity index (χ2v) is 7.48. The maximum Gasteiger partial charge on any atom is 0.237 e. The van der Waals surface area contributed by atoms with Gasteiger partial charge in [-0.3, -0.25) is 9.69 Å². The number of nitrogens with one attached hydrogen (secondary N) is 1. The van der Waals surface area contributed by atoms with E-state index >= 15 is 0 Å². The molecule has 7 heteroatoms. The zero-order valence-corrected chi connectivity index (χ0v) is 15.9. The van der Waals surface area contributed by atoms with Crippen molar-refractivity contribution in [3.05, 3.63) is 0 Å². The number of halogens is 1. The third kappa shape index (κ3) is 6.09. The molecule has 0 unspecified atom stereocenters. The molecule has 2 heterocycles. The molecule has 0 aromatic carbocycles. The van der Waals surface area contributed by atoms with E-state index < -0.39 is 0 Å². The number of hydrogen-bond acceptors (Lipinski definition) is 5. The number of nitrogens with two attached hydrogens (primary N) is 1. The second kappa shape index (κ2) is 10.8. The fourth-order valence-corrected chi connectivity index (χ4v) is 3.97. The van der Waals surface area contributed by atoms with E-state index in [2.05, 4.69) is 10.2 Å². The van der Waals surface area contributed by atoms with Crippen molar-refractivity contribution in [3.63, 3.8) is 0 Å². The van der Waals surface area contributed by atoms with Gasteiger partial charge in [0.15, 0.2) is 0 Å². The molecular formula is C16H32ClN3O2S. The standard InChI is InChI=1S/C16H31N3O2S.ClH/c1-22-12-5-14(17)15(20)18-13-16(6-10-21-11-7-16)19-8-3-2-4-9-19;/h14H,2-13,17H2,1H3,(H,18,20);1H/t14-;/m0./s1. The summed E-state index contributed by atoms with van der Waals surface area (Å²) in [6.07, 6.45) is 8.66. The Morgan fingerprint density at radius 2 is 1.96 bits per heavy atom. The number of carbonyl (C=O) groups is 1. The van der Waals surface area contributed by atoms with Crippen LogP contribution in [0.2, 0.25) is 0 Å². The van der Waals surface area contributed by atoms with E-state index in [-0.39, 0.29) is 29.9 Å². The molecule has 2 rings (SSSR count). The van der Waals surface area contributed by atoms with E-state index in [1.54, 1.807) is 11.8 Å². The molecule has 0 spiro atoms. The van der Waals surface area contributed by atoms with E-state index in [4.69, 9.17) is 10.5 Å². The zero-order valence-electron chi connectivity index (χ0n) is 14.2. The number of amides is 1. The molecule has 1 amide bonds. The molecule has 5 nitrogen and oxygen atoms in total. The zero-order chi connectivity index (χ0) is 15.8. The smallest absolute Gasteiger partial charge is 0.237 e. The van der Waals surface area contributed by atoms with Crippen LogP contribution in [0, 0.1) is 0 Å².